The van der Waals surface area contributed by atoms with E-state index in [-0.39, 0.29) is 37.7 Å². The lowest BCUT2D eigenvalue weighted by molar-refractivity contribution is -0.143. The maximum absolute atomic E-state index is 13.4. The molecule has 11 heteroatoms. The second kappa shape index (κ2) is 17.7. The molecule has 0 spiro atoms. The van der Waals surface area contributed by atoms with Gasteiger partial charge in [0.2, 0.25) is 0 Å². The molecule has 10 nitrogen and oxygen atoms in total. The van der Waals surface area contributed by atoms with Gasteiger partial charge in [-0.25, -0.2) is 14.2 Å². The molecule has 1 amide bonds. The number of ether oxygens (including phenoxy) is 2. The molecule has 0 aliphatic carbocycles. The molecule has 0 saturated carbocycles. The molecule has 0 fully saturated rings. The van der Waals surface area contributed by atoms with Gasteiger partial charge in [-0.15, -0.1) is 0 Å². The Morgan fingerprint density at radius 2 is 1.46 bits per heavy atom. The minimum atomic E-state index is -3.94. The fourth-order valence-electron chi connectivity index (χ4n) is 3.59. The summed E-state index contributed by atoms with van der Waals surface area (Å²) in [4.78, 5) is 24.7. The number of hydrogen-bond acceptors (Lipinski definition) is 8. The van der Waals surface area contributed by atoms with E-state index in [2.05, 4.69) is 5.32 Å². The number of carbonyl (C=O) groups is 2. The fourth-order valence-corrected chi connectivity index (χ4v) is 4.87. The fraction of sp³-hybridized carbons (Fsp3) is 0.533. The summed E-state index contributed by atoms with van der Waals surface area (Å²) < 4.78 is 41.5. The first-order valence-electron chi connectivity index (χ1n) is 14.2. The van der Waals surface area contributed by atoms with Crippen LogP contribution in [-0.4, -0.2) is 42.5 Å². The number of carbonyl (C=O) groups excluding carboxylic acids is 1. The number of phosphoric acid groups is 1. The number of alkyl carbamates (subject to hydrolysis) is 1. The van der Waals surface area contributed by atoms with Gasteiger partial charge in [0, 0.05) is 6.42 Å². The number of carboxylic acids is 1. The zero-order chi connectivity index (χ0) is 30.1. The van der Waals surface area contributed by atoms with Crippen molar-refractivity contribution in [2.24, 2.45) is 0 Å². The van der Waals surface area contributed by atoms with Crippen LogP contribution >= 0.6 is 7.82 Å². The van der Waals surface area contributed by atoms with Crippen LogP contribution in [0.5, 0.6) is 11.5 Å². The Kier molecular flexibility index (Phi) is 14.7. The number of hydrogen-bond donors (Lipinski definition) is 2. The third-order valence-corrected chi connectivity index (χ3v) is 7.51. The molecule has 0 bridgehead atoms. The van der Waals surface area contributed by atoms with Gasteiger partial charge < -0.3 is 24.4 Å². The Hall–Kier alpha value is -3.07. The third kappa shape index (κ3) is 12.1. The maximum atomic E-state index is 13.4. The lowest BCUT2D eigenvalue weighted by Crippen LogP contribution is -2.53. The van der Waals surface area contributed by atoms with Crippen molar-refractivity contribution in [2.45, 2.75) is 84.8 Å². The molecular formula is C30H44NO9P. The van der Waals surface area contributed by atoms with Crippen LogP contribution in [0.1, 0.15) is 77.3 Å². The molecule has 228 valence electrons. The van der Waals surface area contributed by atoms with Crippen LogP contribution in [0.3, 0.4) is 0 Å². The Bertz CT molecular complexity index is 1110. The van der Waals surface area contributed by atoms with Crippen molar-refractivity contribution in [1.82, 2.24) is 5.32 Å². The van der Waals surface area contributed by atoms with E-state index in [9.17, 15) is 19.3 Å². The number of unbranched alkanes of at least 4 members (excludes halogenated alkanes) is 3. The number of rotatable bonds is 20. The van der Waals surface area contributed by atoms with Crippen LogP contribution in [0, 0.1) is 0 Å². The van der Waals surface area contributed by atoms with Gasteiger partial charge in [0.1, 0.15) is 12.1 Å². The summed E-state index contributed by atoms with van der Waals surface area (Å²) in [6.07, 6.45) is 3.81. The van der Waals surface area contributed by atoms with Gasteiger partial charge in [-0.05, 0) is 49.4 Å². The highest BCUT2D eigenvalue weighted by molar-refractivity contribution is 7.48. The molecule has 2 aromatic carbocycles. The highest BCUT2D eigenvalue weighted by Crippen LogP contribution is 2.52. The molecule has 1 atom stereocenters. The summed E-state index contributed by atoms with van der Waals surface area (Å²) in [6.45, 7) is 8.22. The lowest BCUT2D eigenvalue weighted by Gasteiger charge is -2.26. The molecule has 0 radical (unpaired) electrons. The Morgan fingerprint density at radius 3 is 2.05 bits per heavy atom. The van der Waals surface area contributed by atoms with Crippen molar-refractivity contribution in [2.75, 3.05) is 19.8 Å². The van der Waals surface area contributed by atoms with Gasteiger partial charge in [-0.2, -0.15) is 0 Å². The highest BCUT2D eigenvalue weighted by atomic mass is 31.2. The molecule has 0 aliphatic rings. The normalized spacial score (nSPS) is 12.8. The number of aliphatic carboxylic acids is 1. The molecule has 41 heavy (non-hydrogen) atoms. The van der Waals surface area contributed by atoms with Crippen LogP contribution in [0.25, 0.3) is 0 Å². The average molecular weight is 594 g/mol. The standard InChI is InChI=1S/C30H44NO9P/c1-5-8-18-36-27-21-25(16-17-26(27)40-41(35,38-19-9-6-2)39-20-10-7-3)22-30(4,28(32)33)31-29(34)37-23-24-14-12-11-13-15-24/h11-17,21H,5-10,18-20,22-23H2,1-4H3,(H,31,34)(H,32,33)/t30-/m0/s1. The second-order valence-corrected chi connectivity index (χ2v) is 11.5. The summed E-state index contributed by atoms with van der Waals surface area (Å²) in [5, 5.41) is 12.5. The van der Waals surface area contributed by atoms with Crippen LogP contribution in [0.4, 0.5) is 4.79 Å². The van der Waals surface area contributed by atoms with Crippen LogP contribution in [0.2, 0.25) is 0 Å². The molecule has 0 aliphatic heterocycles. The number of phosphoric ester groups is 1. The van der Waals surface area contributed by atoms with E-state index in [1.807, 2.05) is 39.0 Å². The SMILES string of the molecule is CCCCOc1cc(C[C@](C)(NC(=O)OCc2ccccc2)C(=O)O)ccc1OP(=O)(OCCCC)OCCCC. The lowest BCUT2D eigenvalue weighted by atomic mass is 9.93. The number of amides is 1. The van der Waals surface area contributed by atoms with Gasteiger partial charge >= 0.3 is 19.9 Å². The van der Waals surface area contributed by atoms with Crippen LogP contribution in [-0.2, 0) is 36.2 Å². The first-order valence-corrected chi connectivity index (χ1v) is 15.7. The van der Waals surface area contributed by atoms with Crippen LogP contribution in [0.15, 0.2) is 48.5 Å². The quantitative estimate of drug-likeness (QED) is 0.120. The molecule has 2 aromatic rings. The number of carboxylic acid groups (broad SMARTS) is 1. The highest BCUT2D eigenvalue weighted by Gasteiger charge is 2.36. The third-order valence-electron chi connectivity index (χ3n) is 6.09. The van der Waals surface area contributed by atoms with E-state index >= 15 is 0 Å². The molecule has 2 N–H and O–H groups in total. The summed E-state index contributed by atoms with van der Waals surface area (Å²) in [6, 6.07) is 13.9. The van der Waals surface area contributed by atoms with E-state index in [1.165, 1.54) is 6.92 Å². The molecule has 2 rings (SSSR count). The Labute approximate surface area is 243 Å². The minimum Gasteiger partial charge on any atom is -0.490 e. The summed E-state index contributed by atoms with van der Waals surface area (Å²) >= 11 is 0. The summed E-state index contributed by atoms with van der Waals surface area (Å²) in [5.41, 5.74) is -0.358. The summed E-state index contributed by atoms with van der Waals surface area (Å²) in [5.74, 6) is -0.803. The van der Waals surface area contributed by atoms with Crippen molar-refractivity contribution in [3.8, 4) is 11.5 Å². The molecule has 0 aromatic heterocycles. The maximum Gasteiger partial charge on any atom is 0.530 e. The van der Waals surface area contributed by atoms with Crippen molar-refractivity contribution in [3.63, 3.8) is 0 Å². The zero-order valence-corrected chi connectivity index (χ0v) is 25.5. The molecule has 0 saturated heterocycles. The van der Waals surface area contributed by atoms with Gasteiger partial charge in [-0.1, -0.05) is 76.4 Å². The van der Waals surface area contributed by atoms with E-state index < -0.39 is 25.4 Å². The molecule has 0 unspecified atom stereocenters. The van der Waals surface area contributed by atoms with Crippen molar-refractivity contribution in [3.05, 3.63) is 59.7 Å². The smallest absolute Gasteiger partial charge is 0.490 e. The van der Waals surface area contributed by atoms with E-state index in [4.69, 9.17) is 23.0 Å². The Morgan fingerprint density at radius 1 is 0.854 bits per heavy atom. The van der Waals surface area contributed by atoms with Gasteiger partial charge in [-0.3, -0.25) is 9.05 Å². The van der Waals surface area contributed by atoms with Crippen molar-refractivity contribution >= 4 is 19.9 Å². The predicted octanol–water partition coefficient (Wildman–Crippen LogP) is 7.30. The zero-order valence-electron chi connectivity index (χ0n) is 24.6. The van der Waals surface area contributed by atoms with Gasteiger partial charge in [0.15, 0.2) is 11.5 Å². The van der Waals surface area contributed by atoms with Crippen molar-refractivity contribution < 1.29 is 42.3 Å². The topological polar surface area (TPSA) is 130 Å². The van der Waals surface area contributed by atoms with Crippen molar-refractivity contribution in [1.29, 1.82) is 0 Å². The Balaban J connectivity index is 2.24. The monoisotopic (exact) mass is 593 g/mol. The number of benzene rings is 2. The first kappa shape index (κ1) is 34.1. The number of nitrogens with one attached hydrogen (secondary N) is 1. The predicted molar refractivity (Wildman–Crippen MR) is 156 cm³/mol. The van der Waals surface area contributed by atoms with E-state index in [0.717, 1.165) is 31.2 Å². The van der Waals surface area contributed by atoms with Gasteiger partial charge in [0.25, 0.3) is 0 Å². The van der Waals surface area contributed by atoms with E-state index in [1.54, 1.807) is 30.3 Å². The second-order valence-electron chi connectivity index (χ2n) is 9.90. The summed E-state index contributed by atoms with van der Waals surface area (Å²) in [7, 11) is -3.94. The minimum absolute atomic E-state index is 0.00450. The molecule has 0 heterocycles. The molecular weight excluding hydrogens is 549 g/mol. The van der Waals surface area contributed by atoms with Crippen LogP contribution < -0.4 is 14.6 Å². The first-order chi connectivity index (χ1) is 19.6. The van der Waals surface area contributed by atoms with Gasteiger partial charge in [0.05, 0.1) is 19.8 Å². The largest absolute Gasteiger partial charge is 0.530 e. The average Bonchev–Trinajstić information content (AvgIpc) is 2.94. The van der Waals surface area contributed by atoms with E-state index in [0.29, 0.717) is 25.0 Å².